The predicted molar refractivity (Wildman–Crippen MR) is 236 cm³/mol. The first-order valence-electron chi connectivity index (χ1n) is 18.8. The molecule has 0 spiro atoms. The van der Waals surface area contributed by atoms with Gasteiger partial charge in [-0.2, -0.15) is 0 Å². The average molecular weight is 719 g/mol. The maximum absolute atomic E-state index is 7.39. The zero-order chi connectivity index (χ0) is 37.7. The Morgan fingerprint density at radius 2 is 1.37 bits per heavy atom. The molecule has 1 unspecified atom stereocenters. The molecule has 0 fully saturated rings. The van der Waals surface area contributed by atoms with E-state index >= 15 is 0 Å². The zero-order valence-electron chi connectivity index (χ0n) is 31.6. The lowest BCUT2D eigenvalue weighted by molar-refractivity contribution is 0.577. The van der Waals surface area contributed by atoms with Crippen LogP contribution in [0.4, 0.5) is 0 Å². The highest BCUT2D eigenvalue weighted by Gasteiger charge is 2.41. The van der Waals surface area contributed by atoms with E-state index in [0.717, 1.165) is 70.5 Å². The number of rotatable bonds is 4. The van der Waals surface area contributed by atoms with Gasteiger partial charge in [0, 0.05) is 16.4 Å². The minimum atomic E-state index is -0.320. The molecule has 4 aliphatic rings. The standard InChI is InChI=1S/C50H40OS.C2H6/c1-5-6-26-39-35(3)50(4,38-24-13-9-14-25-38)43-31-32-45-49(47(39)43)51-48-42-29-19-18-28-41(42)46(37-23-12-7-10-20-34(2)33-37)40-27-17-16-22-36(40)21-11-8-15-30-44(48)52-45;1-2/h5-6,8-33H,1-2,7H2,3-4H3;1-2H3/b11-8?,15-8?,20-10-,21-11?,23-12-,26-6-,30-15?,36-21?,37-33+,44-30?,46-40?,46-41?,48-42?;. The number of fused-ring (bicyclic) bond motifs is 6. The van der Waals surface area contributed by atoms with Gasteiger partial charge in [-0.05, 0) is 88.0 Å². The quantitative estimate of drug-likeness (QED) is 0.165. The molecule has 0 saturated heterocycles. The van der Waals surface area contributed by atoms with E-state index in [1.54, 1.807) is 11.3 Å². The SMILES string of the molecule is C=C/C=C\C1=C(C)C(C)(c2ccccc2)c2ccc3sc4cccccc5ccccc5c(C5=C/C(=C)/C=C\C/C=C\5)c5ccccc5c=4oc3c21.CC. The molecule has 4 aromatic rings. The van der Waals surface area contributed by atoms with Crippen molar-refractivity contribution in [1.82, 2.24) is 0 Å². The molecular weight excluding hydrogens is 673 g/mol. The van der Waals surface area contributed by atoms with Crippen LogP contribution in [0.3, 0.4) is 0 Å². The molecule has 0 aromatic heterocycles. The fraction of sp³-hybridized carbons (Fsp3) is 0.115. The topological polar surface area (TPSA) is 13.1 Å². The molecular formula is C52H46OS. The van der Waals surface area contributed by atoms with Gasteiger partial charge in [-0.3, -0.25) is 0 Å². The van der Waals surface area contributed by atoms with Crippen molar-refractivity contribution >= 4 is 54.3 Å². The third kappa shape index (κ3) is 6.59. The minimum Gasteiger partial charge on any atom is -0.453 e. The van der Waals surface area contributed by atoms with Crippen molar-refractivity contribution < 1.29 is 4.42 Å². The van der Waals surface area contributed by atoms with Crippen LogP contribution in [0.1, 0.15) is 56.4 Å². The van der Waals surface area contributed by atoms with E-state index in [9.17, 15) is 0 Å². The van der Waals surface area contributed by atoms with Gasteiger partial charge in [0.25, 0.3) is 0 Å². The second-order valence-electron chi connectivity index (χ2n) is 13.5. The Kier molecular flexibility index (Phi) is 10.8. The molecule has 54 heavy (non-hydrogen) atoms. The zero-order valence-corrected chi connectivity index (χ0v) is 32.4. The highest BCUT2D eigenvalue weighted by Crippen LogP contribution is 2.53. The van der Waals surface area contributed by atoms with E-state index in [1.165, 1.54) is 22.3 Å². The summed E-state index contributed by atoms with van der Waals surface area (Å²) in [6.45, 7) is 17.0. The summed E-state index contributed by atoms with van der Waals surface area (Å²) >= 11 is 1.77. The first-order valence-corrected chi connectivity index (χ1v) is 19.6. The molecule has 1 atom stereocenters. The van der Waals surface area contributed by atoms with Crippen molar-refractivity contribution in [2.24, 2.45) is 0 Å². The minimum absolute atomic E-state index is 0.320. The average Bonchev–Trinajstić information content (AvgIpc) is 3.42. The Morgan fingerprint density at radius 3 is 2.13 bits per heavy atom. The summed E-state index contributed by atoms with van der Waals surface area (Å²) in [5.41, 5.74) is 10.8. The number of hydrogen-bond donors (Lipinski definition) is 0. The fourth-order valence-corrected chi connectivity index (χ4v) is 8.76. The van der Waals surface area contributed by atoms with Gasteiger partial charge in [-0.1, -0.05) is 184 Å². The predicted octanol–water partition coefficient (Wildman–Crippen LogP) is 15.1. The summed E-state index contributed by atoms with van der Waals surface area (Å²) in [6, 6.07) is 43.4. The van der Waals surface area contributed by atoms with Crippen LogP contribution >= 0.6 is 11.3 Å². The van der Waals surface area contributed by atoms with Crippen molar-refractivity contribution in [3.63, 3.8) is 0 Å². The fourth-order valence-electron chi connectivity index (χ4n) is 7.75. The normalized spacial score (nSPS) is 18.6. The first-order chi connectivity index (χ1) is 26.5. The van der Waals surface area contributed by atoms with Gasteiger partial charge in [-0.15, -0.1) is 11.3 Å². The van der Waals surface area contributed by atoms with Gasteiger partial charge in [0.2, 0.25) is 0 Å². The van der Waals surface area contributed by atoms with E-state index in [1.807, 2.05) is 26.0 Å². The second-order valence-corrected chi connectivity index (χ2v) is 14.6. The van der Waals surface area contributed by atoms with Gasteiger partial charge in [0.1, 0.15) is 0 Å². The van der Waals surface area contributed by atoms with Crippen molar-refractivity contribution in [3.8, 4) is 0 Å². The lowest BCUT2D eigenvalue weighted by atomic mass is 9.74. The smallest absolute Gasteiger partial charge is 0.152 e. The molecule has 1 aliphatic heterocycles. The molecule has 4 aromatic carbocycles. The van der Waals surface area contributed by atoms with Crippen molar-refractivity contribution in [2.45, 2.75) is 39.5 Å². The molecule has 0 amide bonds. The van der Waals surface area contributed by atoms with Crippen LogP contribution in [-0.2, 0) is 5.41 Å². The number of benzene rings is 4. The largest absolute Gasteiger partial charge is 0.453 e. The molecule has 0 bridgehead atoms. The van der Waals surface area contributed by atoms with E-state index < -0.39 is 0 Å². The van der Waals surface area contributed by atoms with Crippen LogP contribution in [0, 0.1) is 9.95 Å². The molecule has 0 radical (unpaired) electrons. The third-order valence-corrected chi connectivity index (χ3v) is 11.5. The lowest BCUT2D eigenvalue weighted by Gasteiger charge is -2.29. The molecule has 8 rings (SSSR count). The molecule has 0 N–H and O–H groups in total. The Balaban J connectivity index is 0.00000221. The van der Waals surface area contributed by atoms with Crippen LogP contribution in [0.2, 0.25) is 0 Å². The van der Waals surface area contributed by atoms with Crippen LogP contribution in [0.5, 0.6) is 0 Å². The Bertz CT molecular complexity index is 2760. The molecule has 0 saturated carbocycles. The highest BCUT2D eigenvalue weighted by atomic mass is 32.1. The molecule has 1 heterocycles. The summed E-state index contributed by atoms with van der Waals surface area (Å²) in [5.74, 6) is 0. The second kappa shape index (κ2) is 16.0. The Hall–Kier alpha value is -5.96. The van der Waals surface area contributed by atoms with Gasteiger partial charge < -0.3 is 4.42 Å². The van der Waals surface area contributed by atoms with Crippen LogP contribution in [-0.4, -0.2) is 0 Å². The summed E-state index contributed by atoms with van der Waals surface area (Å²) < 4.78 is 9.54. The van der Waals surface area contributed by atoms with E-state index in [2.05, 4.69) is 185 Å². The van der Waals surface area contributed by atoms with Gasteiger partial charge >= 0.3 is 0 Å². The van der Waals surface area contributed by atoms with E-state index in [0.29, 0.717) is 0 Å². The van der Waals surface area contributed by atoms with Crippen molar-refractivity contribution in [3.05, 3.63) is 226 Å². The monoisotopic (exact) mass is 718 g/mol. The lowest BCUT2D eigenvalue weighted by Crippen LogP contribution is -2.22. The van der Waals surface area contributed by atoms with E-state index in [4.69, 9.17) is 4.42 Å². The maximum atomic E-state index is 7.39. The third-order valence-electron chi connectivity index (χ3n) is 10.4. The van der Waals surface area contributed by atoms with Gasteiger partial charge in [0.15, 0.2) is 11.0 Å². The number of hydrogen-bond acceptors (Lipinski definition) is 2. The molecule has 1 nitrogen and oxygen atoms in total. The van der Waals surface area contributed by atoms with Gasteiger partial charge in [-0.25, -0.2) is 0 Å². The molecule has 266 valence electrons. The molecule has 2 heteroatoms. The summed E-state index contributed by atoms with van der Waals surface area (Å²) in [6.07, 6.45) is 17.8. The first kappa shape index (κ1) is 36.4. The maximum Gasteiger partial charge on any atom is 0.152 e. The summed E-state index contributed by atoms with van der Waals surface area (Å²) in [5, 5.41) is 4.44. The van der Waals surface area contributed by atoms with Crippen LogP contribution < -0.4 is 0 Å². The number of allylic oxidation sites excluding steroid dienone is 12. The highest BCUT2D eigenvalue weighted by molar-refractivity contribution is 7.16. The summed E-state index contributed by atoms with van der Waals surface area (Å²) in [7, 11) is 0. The van der Waals surface area contributed by atoms with Crippen LogP contribution in [0.15, 0.2) is 199 Å². The van der Waals surface area contributed by atoms with Crippen molar-refractivity contribution in [2.75, 3.05) is 0 Å². The van der Waals surface area contributed by atoms with Gasteiger partial charge in [0.05, 0.1) is 9.23 Å². The molecule has 3 aliphatic carbocycles. The summed E-state index contributed by atoms with van der Waals surface area (Å²) in [4.78, 5) is 0. The Labute approximate surface area is 323 Å². The van der Waals surface area contributed by atoms with Crippen LogP contribution in [0.25, 0.3) is 43.0 Å². The van der Waals surface area contributed by atoms with E-state index in [-0.39, 0.29) is 5.41 Å². The Morgan fingerprint density at radius 1 is 0.722 bits per heavy atom. The van der Waals surface area contributed by atoms with Crippen molar-refractivity contribution in [1.29, 1.82) is 0 Å².